The van der Waals surface area contributed by atoms with E-state index in [9.17, 15) is 5.11 Å². The first-order valence-electron chi connectivity index (χ1n) is 6.70. The molecule has 0 amide bonds. The zero-order valence-corrected chi connectivity index (χ0v) is 12.1. The molecular formula is C14H16ClN3O3. The molecule has 0 saturated heterocycles. The van der Waals surface area contributed by atoms with E-state index in [1.54, 1.807) is 18.3 Å². The summed E-state index contributed by atoms with van der Waals surface area (Å²) < 4.78 is 11.0. The number of aromatic nitrogens is 2. The highest BCUT2D eigenvalue weighted by Crippen LogP contribution is 2.39. The van der Waals surface area contributed by atoms with Crippen molar-refractivity contribution in [3.63, 3.8) is 0 Å². The van der Waals surface area contributed by atoms with Crippen molar-refractivity contribution in [1.29, 1.82) is 0 Å². The van der Waals surface area contributed by atoms with Crippen LogP contribution in [0.3, 0.4) is 0 Å². The maximum atomic E-state index is 10.2. The number of aromatic amines is 1. The highest BCUT2D eigenvalue weighted by molar-refractivity contribution is 6.32. The van der Waals surface area contributed by atoms with Crippen LogP contribution in [0.4, 0.5) is 0 Å². The molecule has 1 atom stereocenters. The highest BCUT2D eigenvalue weighted by atomic mass is 35.5. The third-order valence-corrected chi connectivity index (χ3v) is 3.50. The molecule has 1 aliphatic heterocycles. The molecule has 1 aliphatic rings. The first-order chi connectivity index (χ1) is 10.2. The smallest absolute Gasteiger partial charge is 0.179 e. The number of nitrogens with zero attached hydrogens (tertiary/aromatic N) is 1. The summed E-state index contributed by atoms with van der Waals surface area (Å²) in [7, 11) is 0. The van der Waals surface area contributed by atoms with Crippen LogP contribution in [0.5, 0.6) is 11.5 Å². The number of aliphatic hydroxyl groups is 1. The van der Waals surface area contributed by atoms with Crippen LogP contribution in [0.15, 0.2) is 24.4 Å². The lowest BCUT2D eigenvalue weighted by Gasteiger charge is -2.21. The van der Waals surface area contributed by atoms with Gasteiger partial charge in [0.1, 0.15) is 13.2 Å². The number of hydrogen-bond donors (Lipinski definition) is 3. The summed E-state index contributed by atoms with van der Waals surface area (Å²) in [5.74, 6) is 1.13. The first kappa shape index (κ1) is 14.2. The largest absolute Gasteiger partial charge is 0.486 e. The van der Waals surface area contributed by atoms with Gasteiger partial charge in [0.15, 0.2) is 11.5 Å². The van der Waals surface area contributed by atoms with Crippen molar-refractivity contribution in [2.75, 3.05) is 19.8 Å². The molecule has 21 heavy (non-hydrogen) atoms. The second-order valence-corrected chi connectivity index (χ2v) is 5.16. The Kier molecular flexibility index (Phi) is 4.28. The van der Waals surface area contributed by atoms with Gasteiger partial charge in [-0.25, -0.2) is 0 Å². The van der Waals surface area contributed by atoms with E-state index < -0.39 is 6.10 Å². The lowest BCUT2D eigenvalue weighted by atomic mass is 10.1. The van der Waals surface area contributed by atoms with Gasteiger partial charge < -0.3 is 19.9 Å². The van der Waals surface area contributed by atoms with Crippen LogP contribution in [0.25, 0.3) is 0 Å². The Morgan fingerprint density at radius 2 is 2.24 bits per heavy atom. The van der Waals surface area contributed by atoms with E-state index in [0.29, 0.717) is 48.4 Å². The Hall–Kier alpha value is -1.76. The molecular weight excluding hydrogens is 294 g/mol. The fourth-order valence-corrected chi connectivity index (χ4v) is 2.44. The van der Waals surface area contributed by atoms with Crippen molar-refractivity contribution < 1.29 is 14.6 Å². The molecule has 0 aliphatic carbocycles. The SMILES string of the molecule is OC(CNCc1ccn[nH]1)c1cc(Cl)c2c(c1)OCCO2. The Morgan fingerprint density at radius 3 is 3.05 bits per heavy atom. The summed E-state index contributed by atoms with van der Waals surface area (Å²) in [5, 5.41) is 20.5. The van der Waals surface area contributed by atoms with Crippen molar-refractivity contribution in [2.24, 2.45) is 0 Å². The molecule has 3 rings (SSSR count). The van der Waals surface area contributed by atoms with E-state index in [-0.39, 0.29) is 0 Å². The number of halogens is 1. The number of nitrogens with one attached hydrogen (secondary N) is 2. The van der Waals surface area contributed by atoms with Gasteiger partial charge >= 0.3 is 0 Å². The zero-order valence-electron chi connectivity index (χ0n) is 11.3. The van der Waals surface area contributed by atoms with Gasteiger partial charge in [-0.3, -0.25) is 5.10 Å². The molecule has 0 bridgehead atoms. The van der Waals surface area contributed by atoms with Crippen molar-refractivity contribution in [3.8, 4) is 11.5 Å². The topological polar surface area (TPSA) is 79.4 Å². The fourth-order valence-electron chi connectivity index (χ4n) is 2.17. The molecule has 3 N–H and O–H groups in total. The summed E-state index contributed by atoms with van der Waals surface area (Å²) in [4.78, 5) is 0. The number of rotatable bonds is 5. The van der Waals surface area contributed by atoms with Gasteiger partial charge in [0.25, 0.3) is 0 Å². The van der Waals surface area contributed by atoms with Crippen LogP contribution >= 0.6 is 11.6 Å². The average molecular weight is 310 g/mol. The second kappa shape index (κ2) is 6.34. The number of ether oxygens (including phenoxy) is 2. The van der Waals surface area contributed by atoms with Gasteiger partial charge in [-0.15, -0.1) is 0 Å². The summed E-state index contributed by atoms with van der Waals surface area (Å²) in [5.41, 5.74) is 1.66. The molecule has 6 nitrogen and oxygen atoms in total. The Labute approximate surface area is 127 Å². The minimum atomic E-state index is -0.679. The monoisotopic (exact) mass is 309 g/mol. The van der Waals surface area contributed by atoms with Crippen LogP contribution in [0.2, 0.25) is 5.02 Å². The van der Waals surface area contributed by atoms with Crippen molar-refractivity contribution in [3.05, 3.63) is 40.7 Å². The first-order valence-corrected chi connectivity index (χ1v) is 7.08. The Balaban J connectivity index is 1.64. The van der Waals surface area contributed by atoms with E-state index in [1.165, 1.54) is 0 Å². The molecule has 1 unspecified atom stereocenters. The molecule has 112 valence electrons. The van der Waals surface area contributed by atoms with E-state index >= 15 is 0 Å². The Morgan fingerprint density at radius 1 is 1.38 bits per heavy atom. The quantitative estimate of drug-likeness (QED) is 0.783. The molecule has 0 spiro atoms. The van der Waals surface area contributed by atoms with Crippen LogP contribution in [-0.4, -0.2) is 35.1 Å². The van der Waals surface area contributed by atoms with Crippen LogP contribution in [0, 0.1) is 0 Å². The van der Waals surface area contributed by atoms with E-state index in [1.807, 2.05) is 6.07 Å². The molecule has 7 heteroatoms. The summed E-state index contributed by atoms with van der Waals surface area (Å²) in [6, 6.07) is 5.35. The van der Waals surface area contributed by atoms with Gasteiger partial charge in [0, 0.05) is 25.0 Å². The van der Waals surface area contributed by atoms with Crippen molar-refractivity contribution >= 4 is 11.6 Å². The number of hydrogen-bond acceptors (Lipinski definition) is 5. The minimum absolute atomic E-state index is 0.398. The lowest BCUT2D eigenvalue weighted by molar-refractivity contribution is 0.163. The van der Waals surface area contributed by atoms with E-state index in [0.717, 1.165) is 5.69 Å². The normalized spacial score (nSPS) is 15.0. The van der Waals surface area contributed by atoms with Crippen LogP contribution in [0.1, 0.15) is 17.4 Å². The van der Waals surface area contributed by atoms with E-state index in [2.05, 4.69) is 15.5 Å². The van der Waals surface area contributed by atoms with Crippen LogP contribution < -0.4 is 14.8 Å². The molecule has 1 aromatic heterocycles. The maximum Gasteiger partial charge on any atom is 0.179 e. The molecule has 0 fully saturated rings. The van der Waals surface area contributed by atoms with E-state index in [4.69, 9.17) is 21.1 Å². The number of H-pyrrole nitrogens is 1. The third kappa shape index (κ3) is 3.29. The molecule has 2 heterocycles. The summed E-state index contributed by atoms with van der Waals surface area (Å²) in [6.07, 6.45) is 1.01. The molecule has 1 aromatic carbocycles. The fraction of sp³-hybridized carbons (Fsp3) is 0.357. The van der Waals surface area contributed by atoms with Crippen LogP contribution in [-0.2, 0) is 6.54 Å². The van der Waals surface area contributed by atoms with Gasteiger partial charge in [-0.1, -0.05) is 11.6 Å². The average Bonchev–Trinajstić information content (AvgIpc) is 3.00. The zero-order chi connectivity index (χ0) is 14.7. The molecule has 0 radical (unpaired) electrons. The molecule has 0 saturated carbocycles. The van der Waals surface area contributed by atoms with Gasteiger partial charge in [-0.05, 0) is 23.8 Å². The highest BCUT2D eigenvalue weighted by Gasteiger charge is 2.19. The summed E-state index contributed by atoms with van der Waals surface area (Å²) in [6.45, 7) is 1.98. The van der Waals surface area contributed by atoms with Crippen molar-refractivity contribution in [2.45, 2.75) is 12.6 Å². The predicted octanol–water partition coefficient (Wildman–Crippen LogP) is 1.66. The van der Waals surface area contributed by atoms with Gasteiger partial charge in [-0.2, -0.15) is 5.10 Å². The standard InChI is InChI=1S/C14H16ClN3O3/c15-11-5-9(6-13-14(11)21-4-3-20-13)12(19)8-16-7-10-1-2-17-18-10/h1-2,5-6,12,16,19H,3-4,7-8H2,(H,17,18). The number of aliphatic hydroxyl groups excluding tert-OH is 1. The third-order valence-electron chi connectivity index (χ3n) is 3.22. The Bertz CT molecular complexity index is 604. The number of benzene rings is 1. The molecule has 2 aromatic rings. The van der Waals surface area contributed by atoms with Crippen molar-refractivity contribution in [1.82, 2.24) is 15.5 Å². The lowest BCUT2D eigenvalue weighted by Crippen LogP contribution is -2.22. The minimum Gasteiger partial charge on any atom is -0.486 e. The predicted molar refractivity (Wildman–Crippen MR) is 77.7 cm³/mol. The summed E-state index contributed by atoms with van der Waals surface area (Å²) >= 11 is 6.16. The van der Waals surface area contributed by atoms with Gasteiger partial charge in [0.05, 0.1) is 11.1 Å². The second-order valence-electron chi connectivity index (χ2n) is 4.76. The number of fused-ring (bicyclic) bond motifs is 1. The van der Waals surface area contributed by atoms with Gasteiger partial charge in [0.2, 0.25) is 0 Å². The maximum absolute atomic E-state index is 10.2.